The van der Waals surface area contributed by atoms with Crippen LogP contribution in [0.15, 0.2) is 61.2 Å². The molecule has 9 heteroatoms. The molecule has 0 spiro atoms. The molecule has 0 saturated heterocycles. The topological polar surface area (TPSA) is 60.2 Å². The summed E-state index contributed by atoms with van der Waals surface area (Å²) >= 11 is 7.80. The number of anilines is 1. The highest BCUT2D eigenvalue weighted by Gasteiger charge is 2.22. The molecule has 0 aliphatic carbocycles. The van der Waals surface area contributed by atoms with Crippen molar-refractivity contribution in [2.75, 3.05) is 18.1 Å². The number of ether oxygens (including phenoxy) is 1. The minimum Gasteiger partial charge on any atom is -0.494 e. The fourth-order valence-electron chi connectivity index (χ4n) is 3.32. The van der Waals surface area contributed by atoms with Crippen molar-refractivity contribution in [1.82, 2.24) is 14.5 Å². The highest BCUT2D eigenvalue weighted by atomic mass is 35.5. The van der Waals surface area contributed by atoms with Crippen LogP contribution in [0.5, 0.6) is 5.75 Å². The number of carbonyl (C=O) groups is 1. The molecule has 0 N–H and O–H groups in total. The quantitative estimate of drug-likeness (QED) is 0.231. The first kappa shape index (κ1) is 25.0. The van der Waals surface area contributed by atoms with E-state index in [0.29, 0.717) is 28.9 Å². The van der Waals surface area contributed by atoms with Crippen LogP contribution < -0.4 is 9.64 Å². The van der Waals surface area contributed by atoms with Gasteiger partial charge in [0.25, 0.3) is 5.91 Å². The summed E-state index contributed by atoms with van der Waals surface area (Å²) in [5.41, 5.74) is 1.32. The number of imidazole rings is 1. The second-order valence-electron chi connectivity index (χ2n) is 7.42. The van der Waals surface area contributed by atoms with Gasteiger partial charge in [-0.2, -0.15) is 0 Å². The molecule has 0 radical (unpaired) electrons. The van der Waals surface area contributed by atoms with Crippen LogP contribution >= 0.6 is 35.3 Å². The summed E-state index contributed by atoms with van der Waals surface area (Å²) in [4.78, 5) is 24.0. The average Bonchev–Trinajstić information content (AvgIpc) is 3.48. The minimum atomic E-state index is -0.0917. The molecule has 0 atom stereocenters. The van der Waals surface area contributed by atoms with Crippen LogP contribution in [0.4, 0.5) is 5.13 Å². The van der Waals surface area contributed by atoms with Gasteiger partial charge in [-0.15, -0.1) is 12.4 Å². The van der Waals surface area contributed by atoms with Gasteiger partial charge >= 0.3 is 0 Å². The first-order valence-electron chi connectivity index (χ1n) is 10.7. The fraction of sp³-hybridized carbons (Fsp3) is 0.292. The number of para-hydroxylation sites is 1. The first-order chi connectivity index (χ1) is 15.7. The summed E-state index contributed by atoms with van der Waals surface area (Å²) in [5.74, 6) is 0.680. The molecule has 0 bridgehead atoms. The molecule has 33 heavy (non-hydrogen) atoms. The van der Waals surface area contributed by atoms with Gasteiger partial charge in [-0.05, 0) is 49.2 Å². The molecular formula is C24H26Cl2N4O2S. The minimum absolute atomic E-state index is 0. The van der Waals surface area contributed by atoms with Gasteiger partial charge in [0, 0.05) is 31.0 Å². The number of hydrogen-bond acceptors (Lipinski definition) is 5. The van der Waals surface area contributed by atoms with Gasteiger partial charge in [-0.25, -0.2) is 9.97 Å². The summed E-state index contributed by atoms with van der Waals surface area (Å²) in [5, 5.41) is 1.23. The second-order valence-corrected chi connectivity index (χ2v) is 8.84. The zero-order valence-corrected chi connectivity index (χ0v) is 20.7. The standard InChI is InChI=1S/C24H25ClN4O2S.ClH/c1-2-3-16-31-19-10-8-18(9-11-19)23(30)29(14-5-13-28-15-12-26-17-28)24-27-22-20(25)6-4-7-21(22)32-24;/h4,6-12,15,17H,2-3,5,13-14,16H2,1H3;1H. The van der Waals surface area contributed by atoms with Crippen LogP contribution in [-0.4, -0.2) is 33.6 Å². The largest absolute Gasteiger partial charge is 0.494 e. The monoisotopic (exact) mass is 504 g/mol. The third-order valence-corrected chi connectivity index (χ3v) is 6.41. The zero-order chi connectivity index (χ0) is 22.3. The van der Waals surface area contributed by atoms with E-state index in [1.165, 1.54) is 11.3 Å². The van der Waals surface area contributed by atoms with Crippen molar-refractivity contribution in [3.63, 3.8) is 0 Å². The number of benzene rings is 2. The van der Waals surface area contributed by atoms with Crippen molar-refractivity contribution < 1.29 is 9.53 Å². The van der Waals surface area contributed by atoms with E-state index in [0.717, 1.165) is 41.8 Å². The highest BCUT2D eigenvalue weighted by molar-refractivity contribution is 7.22. The number of fused-ring (bicyclic) bond motifs is 1. The molecule has 0 aliphatic rings. The maximum atomic E-state index is 13.5. The second kappa shape index (κ2) is 12.0. The Hall–Kier alpha value is -2.61. The molecule has 0 aliphatic heterocycles. The van der Waals surface area contributed by atoms with Crippen molar-refractivity contribution >= 4 is 56.6 Å². The molecule has 2 heterocycles. The number of unbranched alkanes of at least 4 members (excludes halogenated alkanes) is 1. The van der Waals surface area contributed by atoms with Gasteiger partial charge in [-0.1, -0.05) is 42.3 Å². The zero-order valence-electron chi connectivity index (χ0n) is 18.3. The lowest BCUT2D eigenvalue weighted by molar-refractivity contribution is 0.0986. The van der Waals surface area contributed by atoms with E-state index in [9.17, 15) is 4.79 Å². The Morgan fingerprint density at radius 2 is 2.00 bits per heavy atom. The lowest BCUT2D eigenvalue weighted by Crippen LogP contribution is -2.32. The maximum Gasteiger partial charge on any atom is 0.260 e. The normalized spacial score (nSPS) is 10.7. The summed E-state index contributed by atoms with van der Waals surface area (Å²) < 4.78 is 8.69. The average molecular weight is 505 g/mol. The van der Waals surface area contributed by atoms with Gasteiger partial charge in [0.1, 0.15) is 11.3 Å². The number of hydrogen-bond donors (Lipinski definition) is 0. The van der Waals surface area contributed by atoms with Crippen LogP contribution in [0, 0.1) is 0 Å². The van der Waals surface area contributed by atoms with E-state index >= 15 is 0 Å². The number of rotatable bonds is 10. The fourth-order valence-corrected chi connectivity index (χ4v) is 4.61. The predicted octanol–water partition coefficient (Wildman–Crippen LogP) is 6.48. The summed E-state index contributed by atoms with van der Waals surface area (Å²) in [7, 11) is 0. The summed E-state index contributed by atoms with van der Waals surface area (Å²) in [6.07, 6.45) is 8.30. The molecule has 6 nitrogen and oxygen atoms in total. The van der Waals surface area contributed by atoms with Gasteiger partial charge in [0.05, 0.1) is 22.7 Å². The smallest absolute Gasteiger partial charge is 0.260 e. The number of halogens is 2. The third kappa shape index (κ3) is 6.25. The Balaban J connectivity index is 0.00000306. The molecule has 2 aromatic heterocycles. The van der Waals surface area contributed by atoms with Crippen LogP contribution in [0.3, 0.4) is 0 Å². The van der Waals surface area contributed by atoms with E-state index < -0.39 is 0 Å². The predicted molar refractivity (Wildman–Crippen MR) is 137 cm³/mol. The Morgan fingerprint density at radius 1 is 1.18 bits per heavy atom. The molecule has 4 aromatic rings. The number of thiazole rings is 1. The van der Waals surface area contributed by atoms with Crippen molar-refractivity contribution in [1.29, 1.82) is 0 Å². The van der Waals surface area contributed by atoms with E-state index in [1.807, 2.05) is 53.2 Å². The van der Waals surface area contributed by atoms with Crippen molar-refractivity contribution in [2.45, 2.75) is 32.7 Å². The maximum absolute atomic E-state index is 13.5. The molecule has 174 valence electrons. The molecular weight excluding hydrogens is 479 g/mol. The third-order valence-electron chi connectivity index (χ3n) is 5.06. The molecule has 0 unspecified atom stereocenters. The van der Waals surface area contributed by atoms with Gasteiger partial charge in [0.15, 0.2) is 5.13 Å². The summed E-state index contributed by atoms with van der Waals surface area (Å²) in [6, 6.07) is 13.0. The summed E-state index contributed by atoms with van der Waals surface area (Å²) in [6.45, 7) is 4.10. The van der Waals surface area contributed by atoms with Crippen molar-refractivity contribution in [3.05, 3.63) is 71.8 Å². The number of nitrogens with zero attached hydrogens (tertiary/aromatic N) is 4. The molecule has 2 aromatic carbocycles. The number of aromatic nitrogens is 3. The molecule has 0 fully saturated rings. The Morgan fingerprint density at radius 3 is 2.70 bits per heavy atom. The Labute approximate surface area is 208 Å². The highest BCUT2D eigenvalue weighted by Crippen LogP contribution is 2.33. The van der Waals surface area contributed by atoms with E-state index in [1.54, 1.807) is 17.4 Å². The van der Waals surface area contributed by atoms with Crippen LogP contribution in [0.2, 0.25) is 5.02 Å². The number of amides is 1. The number of carbonyl (C=O) groups excluding carboxylic acids is 1. The van der Waals surface area contributed by atoms with Crippen LogP contribution in [0.25, 0.3) is 10.2 Å². The Kier molecular flexibility index (Phi) is 9.11. The van der Waals surface area contributed by atoms with Gasteiger partial charge in [-0.3, -0.25) is 9.69 Å². The van der Waals surface area contributed by atoms with E-state index in [2.05, 4.69) is 11.9 Å². The van der Waals surface area contributed by atoms with Crippen molar-refractivity contribution in [3.8, 4) is 5.75 Å². The molecule has 1 amide bonds. The SMILES string of the molecule is CCCCOc1ccc(C(=O)N(CCCn2ccnc2)c2nc3c(Cl)cccc3s2)cc1.Cl. The first-order valence-corrected chi connectivity index (χ1v) is 11.9. The van der Waals surface area contributed by atoms with E-state index in [-0.39, 0.29) is 18.3 Å². The van der Waals surface area contributed by atoms with Crippen molar-refractivity contribution in [2.24, 2.45) is 0 Å². The van der Waals surface area contributed by atoms with Crippen LogP contribution in [0.1, 0.15) is 36.5 Å². The molecule has 4 rings (SSSR count). The number of aryl methyl sites for hydroxylation is 1. The lowest BCUT2D eigenvalue weighted by atomic mass is 10.2. The Bertz CT molecular complexity index is 1160. The van der Waals surface area contributed by atoms with Crippen LogP contribution in [-0.2, 0) is 6.54 Å². The van der Waals surface area contributed by atoms with E-state index in [4.69, 9.17) is 21.3 Å². The van der Waals surface area contributed by atoms with Gasteiger partial charge in [0.2, 0.25) is 0 Å². The van der Waals surface area contributed by atoms with Gasteiger partial charge < -0.3 is 9.30 Å². The molecule has 0 saturated carbocycles. The lowest BCUT2D eigenvalue weighted by Gasteiger charge is -2.20.